The minimum Gasteiger partial charge on any atom is -0.480 e. The van der Waals surface area contributed by atoms with Crippen LogP contribution >= 0.6 is 27.3 Å². The van der Waals surface area contributed by atoms with Crippen LogP contribution in [0.1, 0.15) is 17.0 Å². The molecule has 8 nitrogen and oxygen atoms in total. The van der Waals surface area contributed by atoms with Crippen LogP contribution in [0.25, 0.3) is 0 Å². The fraction of sp³-hybridized carbons (Fsp3) is 0.421. The molecule has 1 amide bonds. The molecule has 1 N–H and O–H groups in total. The van der Waals surface area contributed by atoms with Crippen molar-refractivity contribution in [1.82, 2.24) is 9.88 Å². The van der Waals surface area contributed by atoms with Gasteiger partial charge >= 0.3 is 12.1 Å². The number of aromatic nitrogens is 1. The molecule has 10 heteroatoms. The summed E-state index contributed by atoms with van der Waals surface area (Å²) in [4.78, 5) is 29.4. The van der Waals surface area contributed by atoms with Crippen molar-refractivity contribution in [1.29, 1.82) is 0 Å². The number of benzene rings is 1. The van der Waals surface area contributed by atoms with Crippen molar-refractivity contribution in [3.8, 4) is 0 Å². The van der Waals surface area contributed by atoms with Crippen molar-refractivity contribution in [3.05, 3.63) is 50.9 Å². The molecule has 4 rings (SSSR count). The third-order valence-electron chi connectivity index (χ3n) is 4.98. The monoisotopic (exact) mass is 482 g/mol. The highest BCUT2D eigenvalue weighted by atomic mass is 79.9. The Morgan fingerprint density at radius 1 is 1.31 bits per heavy atom. The molecule has 154 valence electrons. The van der Waals surface area contributed by atoms with Crippen LogP contribution in [0.4, 0.5) is 4.79 Å². The summed E-state index contributed by atoms with van der Waals surface area (Å²) in [7, 11) is 0. The highest BCUT2D eigenvalue weighted by Crippen LogP contribution is 2.48. The Balaban J connectivity index is 1.38. The van der Waals surface area contributed by atoms with Gasteiger partial charge in [0, 0.05) is 11.8 Å². The minimum absolute atomic E-state index is 0.188. The molecule has 1 unspecified atom stereocenters. The van der Waals surface area contributed by atoms with E-state index in [1.165, 1.54) is 11.3 Å². The maximum Gasteiger partial charge on any atom is 0.410 e. The molecule has 2 aliphatic heterocycles. The van der Waals surface area contributed by atoms with Crippen LogP contribution in [-0.2, 0) is 31.2 Å². The molecule has 0 aliphatic carbocycles. The van der Waals surface area contributed by atoms with Gasteiger partial charge in [0.05, 0.1) is 19.7 Å². The van der Waals surface area contributed by atoms with Gasteiger partial charge in [0.25, 0.3) is 0 Å². The molecule has 2 saturated heterocycles. The molecule has 0 radical (unpaired) electrons. The van der Waals surface area contributed by atoms with Crippen molar-refractivity contribution in [3.63, 3.8) is 0 Å². The highest BCUT2D eigenvalue weighted by Gasteiger charge is 2.59. The molecule has 1 aromatic carbocycles. The lowest BCUT2D eigenvalue weighted by Crippen LogP contribution is -2.63. The third kappa shape index (κ3) is 4.30. The van der Waals surface area contributed by atoms with Crippen LogP contribution in [0.3, 0.4) is 0 Å². The summed E-state index contributed by atoms with van der Waals surface area (Å²) in [6.07, 6.45) is 0.0272. The number of halogens is 1. The van der Waals surface area contributed by atoms with E-state index in [2.05, 4.69) is 20.9 Å². The number of thiazole rings is 1. The predicted octanol–water partition coefficient (Wildman–Crippen LogP) is 3.01. The molecule has 1 atom stereocenters. The van der Waals surface area contributed by atoms with Crippen LogP contribution in [0.2, 0.25) is 0 Å². The first kappa shape index (κ1) is 20.3. The number of hydrogen-bond acceptors (Lipinski definition) is 7. The summed E-state index contributed by atoms with van der Waals surface area (Å²) in [6, 6.07) is 9.47. The molecule has 0 bridgehead atoms. The van der Waals surface area contributed by atoms with Gasteiger partial charge in [0.2, 0.25) is 0 Å². The summed E-state index contributed by atoms with van der Waals surface area (Å²) in [5.41, 5.74) is -0.596. The lowest BCUT2D eigenvalue weighted by atomic mass is 9.85. The number of likely N-dealkylation sites (tertiary alicyclic amines) is 1. The zero-order chi connectivity index (χ0) is 20.5. The van der Waals surface area contributed by atoms with E-state index in [0.717, 1.165) is 5.56 Å². The van der Waals surface area contributed by atoms with E-state index in [1.54, 1.807) is 4.90 Å². The fourth-order valence-electron chi connectivity index (χ4n) is 3.64. The van der Waals surface area contributed by atoms with Crippen molar-refractivity contribution < 1.29 is 28.9 Å². The largest absolute Gasteiger partial charge is 0.480 e. The molecule has 29 heavy (non-hydrogen) atoms. The second-order valence-electron chi connectivity index (χ2n) is 7.20. The Hall–Kier alpha value is -2.01. The summed E-state index contributed by atoms with van der Waals surface area (Å²) < 4.78 is 17.8. The quantitative estimate of drug-likeness (QED) is 0.675. The normalized spacial score (nSPS) is 22.4. The van der Waals surface area contributed by atoms with Crippen LogP contribution in [0.5, 0.6) is 0 Å². The molecule has 2 aliphatic rings. The Kier molecular flexibility index (Phi) is 5.60. The molecule has 2 aromatic rings. The van der Waals surface area contributed by atoms with E-state index in [0.29, 0.717) is 29.1 Å². The fourth-order valence-corrected chi connectivity index (χ4v) is 5.03. The maximum atomic E-state index is 12.3. The van der Waals surface area contributed by atoms with E-state index in [4.69, 9.17) is 19.3 Å². The molecule has 0 saturated carbocycles. The van der Waals surface area contributed by atoms with Gasteiger partial charge in [0.15, 0.2) is 0 Å². The number of aliphatic carboxylic acids is 1. The first-order chi connectivity index (χ1) is 13.9. The van der Waals surface area contributed by atoms with Gasteiger partial charge in [-0.1, -0.05) is 30.3 Å². The number of nitrogens with zero attached hydrogens (tertiary/aromatic N) is 2. The zero-order valence-corrected chi connectivity index (χ0v) is 17.8. The third-order valence-corrected chi connectivity index (χ3v) is 6.72. The zero-order valence-electron chi connectivity index (χ0n) is 15.4. The van der Waals surface area contributed by atoms with E-state index in [1.807, 2.05) is 35.7 Å². The van der Waals surface area contributed by atoms with Crippen LogP contribution in [-0.4, -0.2) is 59.0 Å². The van der Waals surface area contributed by atoms with E-state index < -0.39 is 29.9 Å². The molecule has 2 fully saturated rings. The number of ether oxygens (including phenoxy) is 3. The lowest BCUT2D eigenvalue weighted by Gasteiger charge is -2.46. The van der Waals surface area contributed by atoms with Crippen LogP contribution < -0.4 is 0 Å². The van der Waals surface area contributed by atoms with Gasteiger partial charge in [-0.05, 0) is 21.5 Å². The predicted molar refractivity (Wildman–Crippen MR) is 107 cm³/mol. The maximum absolute atomic E-state index is 12.3. The van der Waals surface area contributed by atoms with Crippen LogP contribution in [0, 0.1) is 0 Å². The first-order valence-corrected chi connectivity index (χ1v) is 10.6. The standard InChI is InChI=1S/C19H19BrN2O6S/c20-14-8-29-16(21-14)19(27-7-15(23)24)9-18(28-12-19)10-22(11-18)17(25)26-6-13-4-2-1-3-5-13/h1-5,8H,6-7,9-12H2,(H,23,24). The van der Waals surface area contributed by atoms with Crippen molar-refractivity contribution in [2.45, 2.75) is 24.2 Å². The summed E-state index contributed by atoms with van der Waals surface area (Å²) in [6.45, 7) is 0.687. The number of carboxylic acid groups (broad SMARTS) is 1. The summed E-state index contributed by atoms with van der Waals surface area (Å²) >= 11 is 4.71. The van der Waals surface area contributed by atoms with E-state index >= 15 is 0 Å². The van der Waals surface area contributed by atoms with Crippen LogP contribution in [0.15, 0.2) is 40.3 Å². The van der Waals surface area contributed by atoms with E-state index in [-0.39, 0.29) is 13.2 Å². The minimum atomic E-state index is -1.05. The number of carbonyl (C=O) groups is 2. The van der Waals surface area contributed by atoms with Crippen molar-refractivity contribution in [2.24, 2.45) is 0 Å². The number of carbonyl (C=O) groups excluding carboxylic acids is 1. The van der Waals surface area contributed by atoms with Gasteiger partial charge in [-0.15, -0.1) is 11.3 Å². The van der Waals surface area contributed by atoms with E-state index in [9.17, 15) is 9.59 Å². The summed E-state index contributed by atoms with van der Waals surface area (Å²) in [5, 5.41) is 11.5. The number of rotatable bonds is 6. The summed E-state index contributed by atoms with van der Waals surface area (Å²) in [5.74, 6) is -1.05. The highest BCUT2D eigenvalue weighted by molar-refractivity contribution is 9.10. The molecule has 3 heterocycles. The van der Waals surface area contributed by atoms with Crippen molar-refractivity contribution >= 4 is 39.3 Å². The molecule has 1 aromatic heterocycles. The second kappa shape index (κ2) is 8.02. The van der Waals surface area contributed by atoms with Gasteiger partial charge in [0.1, 0.15) is 34.0 Å². The Labute approximate surface area is 179 Å². The van der Waals surface area contributed by atoms with Gasteiger partial charge in [-0.2, -0.15) is 0 Å². The average molecular weight is 483 g/mol. The SMILES string of the molecule is O=C(O)COC1(c2nc(Br)cs2)COC2(CN(C(=O)OCc3ccccc3)C2)C1. The number of amides is 1. The van der Waals surface area contributed by atoms with Gasteiger partial charge in [-0.25, -0.2) is 14.6 Å². The molecular formula is C19H19BrN2O6S. The van der Waals surface area contributed by atoms with Gasteiger partial charge in [-0.3, -0.25) is 0 Å². The first-order valence-electron chi connectivity index (χ1n) is 8.97. The van der Waals surface area contributed by atoms with Gasteiger partial charge < -0.3 is 24.2 Å². The lowest BCUT2D eigenvalue weighted by molar-refractivity contribution is -0.150. The second-order valence-corrected chi connectivity index (χ2v) is 8.87. The average Bonchev–Trinajstić information content (AvgIpc) is 3.29. The number of hydrogen-bond donors (Lipinski definition) is 1. The topological polar surface area (TPSA) is 98.2 Å². The Bertz CT molecular complexity index is 901. The smallest absolute Gasteiger partial charge is 0.410 e. The molecular weight excluding hydrogens is 464 g/mol. The van der Waals surface area contributed by atoms with Crippen molar-refractivity contribution in [2.75, 3.05) is 26.3 Å². The molecule has 1 spiro atoms. The number of carboxylic acids is 1. The Morgan fingerprint density at radius 2 is 2.07 bits per heavy atom. The Morgan fingerprint density at radius 3 is 2.72 bits per heavy atom.